The zero-order chi connectivity index (χ0) is 24.4. The van der Waals surface area contributed by atoms with E-state index in [9.17, 15) is 14.7 Å². The molecule has 0 radical (unpaired) electrons. The molecule has 0 fully saturated rings. The molecule has 2 aromatic heterocycles. The molecule has 1 unspecified atom stereocenters. The minimum atomic E-state index is -1.22. The van der Waals surface area contributed by atoms with E-state index in [4.69, 9.17) is 15.2 Å². The maximum atomic E-state index is 12.6. The summed E-state index contributed by atoms with van der Waals surface area (Å²) in [6.07, 6.45) is 4.61. The number of fused-ring (bicyclic) bond motifs is 3. The van der Waals surface area contributed by atoms with E-state index < -0.39 is 11.4 Å². The number of carboxylic acid groups (broad SMARTS) is 1. The van der Waals surface area contributed by atoms with Crippen LogP contribution >= 0.6 is 0 Å². The molecule has 0 saturated heterocycles. The number of nitrogen functional groups attached to an aromatic ring is 1. The number of ether oxygens (including phenoxy) is 2. The molecule has 1 aromatic carbocycles. The number of carboxylic acids is 1. The number of aromatic nitrogens is 2. The highest BCUT2D eigenvalue weighted by molar-refractivity contribution is 5.88. The molecule has 4 rings (SSSR count). The molecular weight excluding hydrogens is 434 g/mol. The lowest BCUT2D eigenvalue weighted by Crippen LogP contribution is -2.28. The number of hydrogen-bond acceptors (Lipinski definition) is 6. The molecule has 0 amide bonds. The van der Waals surface area contributed by atoms with E-state index in [-0.39, 0.29) is 17.5 Å². The van der Waals surface area contributed by atoms with Crippen molar-refractivity contribution in [2.24, 2.45) is 5.92 Å². The van der Waals surface area contributed by atoms with Crippen LogP contribution in [0.4, 0.5) is 5.82 Å². The molecule has 3 heterocycles. The largest absolute Gasteiger partial charge is 0.493 e. The number of rotatable bonds is 8. The number of carbonyl (C=O) groups is 1. The van der Waals surface area contributed by atoms with Gasteiger partial charge in [-0.15, -0.1) is 0 Å². The molecule has 0 spiro atoms. The minimum Gasteiger partial charge on any atom is -0.493 e. The van der Waals surface area contributed by atoms with E-state index in [1.54, 1.807) is 19.4 Å². The summed E-state index contributed by atoms with van der Waals surface area (Å²) < 4.78 is 13.2. The number of pyridine rings is 2. The fourth-order valence-electron chi connectivity index (χ4n) is 4.41. The standard InChI is InChI=1S/C26H29N3O5/c1-15(2)21-9-17-10-24(34-8-4-7-33-3)19(16-5-6-25(27)28-13-16)11-18(17)22-12-23(30)20(26(31)32)14-29(21)22/h5-6,10-15,21H,4,7-9H2,1-3H3,(H2,27,28)(H,31,32). The fraction of sp³-hybridized carbons (Fsp3) is 0.346. The Labute approximate surface area is 198 Å². The minimum absolute atomic E-state index is 0.00609. The summed E-state index contributed by atoms with van der Waals surface area (Å²) in [6.45, 7) is 5.28. The molecule has 1 aliphatic rings. The second-order valence-electron chi connectivity index (χ2n) is 8.84. The van der Waals surface area contributed by atoms with Crippen LogP contribution < -0.4 is 15.9 Å². The number of anilines is 1. The molecule has 8 nitrogen and oxygen atoms in total. The van der Waals surface area contributed by atoms with Crippen LogP contribution in [0.3, 0.4) is 0 Å². The van der Waals surface area contributed by atoms with Crippen LogP contribution in [-0.2, 0) is 11.2 Å². The van der Waals surface area contributed by atoms with Gasteiger partial charge in [0.2, 0.25) is 0 Å². The van der Waals surface area contributed by atoms with E-state index in [1.165, 1.54) is 12.3 Å². The molecule has 1 aliphatic heterocycles. The van der Waals surface area contributed by atoms with E-state index in [2.05, 4.69) is 18.8 Å². The topological polar surface area (TPSA) is 117 Å². The third-order valence-corrected chi connectivity index (χ3v) is 6.20. The highest BCUT2D eigenvalue weighted by Crippen LogP contribution is 2.43. The van der Waals surface area contributed by atoms with Gasteiger partial charge in [0.05, 0.1) is 12.3 Å². The van der Waals surface area contributed by atoms with Gasteiger partial charge in [-0.3, -0.25) is 4.79 Å². The highest BCUT2D eigenvalue weighted by Gasteiger charge is 2.29. The van der Waals surface area contributed by atoms with E-state index >= 15 is 0 Å². The van der Waals surface area contributed by atoms with Crippen molar-refractivity contribution in [3.05, 3.63) is 64.1 Å². The van der Waals surface area contributed by atoms with Gasteiger partial charge in [0.1, 0.15) is 17.1 Å². The van der Waals surface area contributed by atoms with Crippen LogP contribution in [0.2, 0.25) is 0 Å². The monoisotopic (exact) mass is 463 g/mol. The normalized spacial score (nSPS) is 14.5. The van der Waals surface area contributed by atoms with Gasteiger partial charge in [0, 0.05) is 61.3 Å². The first-order valence-corrected chi connectivity index (χ1v) is 11.3. The Hall–Kier alpha value is -3.65. The lowest BCUT2D eigenvalue weighted by molar-refractivity contribution is 0.0694. The van der Waals surface area contributed by atoms with E-state index in [0.29, 0.717) is 31.1 Å². The van der Waals surface area contributed by atoms with Gasteiger partial charge in [-0.25, -0.2) is 9.78 Å². The molecular formula is C26H29N3O5. The number of benzene rings is 1. The second kappa shape index (κ2) is 9.69. The predicted octanol–water partition coefficient (Wildman–Crippen LogP) is 4.03. The Morgan fingerprint density at radius 1 is 1.24 bits per heavy atom. The van der Waals surface area contributed by atoms with Crippen LogP contribution in [0.25, 0.3) is 22.4 Å². The van der Waals surface area contributed by atoms with Gasteiger partial charge in [0.25, 0.3) is 0 Å². The average Bonchev–Trinajstić information content (AvgIpc) is 2.80. The zero-order valence-electron chi connectivity index (χ0n) is 19.6. The molecule has 1 atom stereocenters. The van der Waals surface area contributed by atoms with Gasteiger partial charge in [-0.05, 0) is 42.2 Å². The molecule has 3 aromatic rings. The van der Waals surface area contributed by atoms with Crippen molar-refractivity contribution in [2.75, 3.05) is 26.1 Å². The van der Waals surface area contributed by atoms with Crippen molar-refractivity contribution in [3.8, 4) is 28.1 Å². The first-order valence-electron chi connectivity index (χ1n) is 11.3. The summed E-state index contributed by atoms with van der Waals surface area (Å²) in [4.78, 5) is 28.5. The number of nitrogens with two attached hydrogens (primary N) is 1. The Kier molecular flexibility index (Phi) is 6.70. The maximum absolute atomic E-state index is 12.6. The summed E-state index contributed by atoms with van der Waals surface area (Å²) in [7, 11) is 1.66. The van der Waals surface area contributed by atoms with Crippen molar-refractivity contribution >= 4 is 11.8 Å². The quantitative estimate of drug-likeness (QED) is 0.485. The van der Waals surface area contributed by atoms with Crippen molar-refractivity contribution < 1.29 is 19.4 Å². The molecule has 0 aliphatic carbocycles. The van der Waals surface area contributed by atoms with Gasteiger partial charge in [-0.1, -0.05) is 13.8 Å². The first-order chi connectivity index (χ1) is 16.3. The highest BCUT2D eigenvalue weighted by atomic mass is 16.5. The van der Waals surface area contributed by atoms with E-state index in [0.717, 1.165) is 34.4 Å². The summed E-state index contributed by atoms with van der Waals surface area (Å²) in [5, 5.41) is 9.50. The summed E-state index contributed by atoms with van der Waals surface area (Å²) in [6, 6.07) is 9.08. The Morgan fingerprint density at radius 2 is 2.03 bits per heavy atom. The Bertz CT molecular complexity index is 1260. The van der Waals surface area contributed by atoms with Gasteiger partial charge in [-0.2, -0.15) is 0 Å². The first kappa shape index (κ1) is 23.5. The van der Waals surface area contributed by atoms with Crippen LogP contribution in [0.5, 0.6) is 5.75 Å². The molecule has 34 heavy (non-hydrogen) atoms. The van der Waals surface area contributed by atoms with Crippen molar-refractivity contribution in [1.29, 1.82) is 0 Å². The van der Waals surface area contributed by atoms with Gasteiger partial charge >= 0.3 is 5.97 Å². The molecule has 178 valence electrons. The molecule has 0 saturated carbocycles. The van der Waals surface area contributed by atoms with Gasteiger partial charge in [0.15, 0.2) is 5.43 Å². The van der Waals surface area contributed by atoms with Crippen LogP contribution in [0, 0.1) is 5.92 Å². The fourth-order valence-corrected chi connectivity index (χ4v) is 4.41. The van der Waals surface area contributed by atoms with Crippen molar-refractivity contribution in [2.45, 2.75) is 32.7 Å². The maximum Gasteiger partial charge on any atom is 0.341 e. The van der Waals surface area contributed by atoms with Crippen LogP contribution in [0.15, 0.2) is 47.5 Å². The SMILES string of the molecule is COCCCOc1cc2c(cc1-c1ccc(N)nc1)-c1cc(=O)c(C(=O)O)cn1C(C(C)C)C2. The summed E-state index contributed by atoms with van der Waals surface area (Å²) in [5.41, 5.74) is 9.34. The smallest absolute Gasteiger partial charge is 0.341 e. The second-order valence-corrected chi connectivity index (χ2v) is 8.84. The zero-order valence-corrected chi connectivity index (χ0v) is 19.6. The number of aromatic carboxylic acids is 1. The Balaban J connectivity index is 1.90. The van der Waals surface area contributed by atoms with Crippen LogP contribution in [-0.4, -0.2) is 41.0 Å². The van der Waals surface area contributed by atoms with Crippen LogP contribution in [0.1, 0.15) is 42.2 Å². The third kappa shape index (κ3) is 4.54. The third-order valence-electron chi connectivity index (χ3n) is 6.20. The summed E-state index contributed by atoms with van der Waals surface area (Å²) in [5.74, 6) is 0.147. The molecule has 8 heteroatoms. The van der Waals surface area contributed by atoms with Crippen molar-refractivity contribution in [1.82, 2.24) is 9.55 Å². The lowest BCUT2D eigenvalue weighted by atomic mass is 9.85. The van der Waals surface area contributed by atoms with E-state index in [1.807, 2.05) is 22.8 Å². The summed E-state index contributed by atoms with van der Waals surface area (Å²) >= 11 is 0. The van der Waals surface area contributed by atoms with Crippen molar-refractivity contribution in [3.63, 3.8) is 0 Å². The number of hydrogen-bond donors (Lipinski definition) is 2. The number of methoxy groups -OCH3 is 1. The number of nitrogens with zero attached hydrogens (tertiary/aromatic N) is 2. The lowest BCUT2D eigenvalue weighted by Gasteiger charge is -2.34. The molecule has 0 bridgehead atoms. The van der Waals surface area contributed by atoms with Gasteiger partial charge < -0.3 is 24.9 Å². The molecule has 3 N–H and O–H groups in total. The predicted molar refractivity (Wildman–Crippen MR) is 130 cm³/mol. The Morgan fingerprint density at radius 3 is 2.68 bits per heavy atom. The average molecular weight is 464 g/mol.